The molecule has 2 aromatic rings. The molecule has 0 fully saturated rings. The van der Waals surface area contributed by atoms with E-state index in [0.29, 0.717) is 0 Å². The van der Waals surface area contributed by atoms with Crippen LogP contribution in [0.2, 0.25) is 5.02 Å². The summed E-state index contributed by atoms with van der Waals surface area (Å²) in [5, 5.41) is 3.21. The molecule has 2 aliphatic heterocycles. The summed E-state index contributed by atoms with van der Waals surface area (Å²) in [6, 6.07) is 8.38. The van der Waals surface area contributed by atoms with Gasteiger partial charge >= 0.3 is 0 Å². The summed E-state index contributed by atoms with van der Waals surface area (Å²) < 4.78 is 1.29. The first-order valence-electron chi connectivity index (χ1n) is 6.68. The van der Waals surface area contributed by atoms with Crippen molar-refractivity contribution in [2.75, 3.05) is 13.1 Å². The zero-order valence-electron chi connectivity index (χ0n) is 11.0. The Morgan fingerprint density at radius 1 is 1.35 bits per heavy atom. The molecule has 0 atom stereocenters. The minimum atomic E-state index is 0.802. The number of fused-ring (bicyclic) bond motifs is 2. The Morgan fingerprint density at radius 2 is 2.25 bits per heavy atom. The zero-order valence-corrected chi connectivity index (χ0v) is 13.4. The van der Waals surface area contributed by atoms with E-state index in [1.165, 1.54) is 30.7 Å². The van der Waals surface area contributed by atoms with Crippen LogP contribution < -0.4 is 0 Å². The van der Waals surface area contributed by atoms with Crippen LogP contribution in [-0.4, -0.2) is 23.2 Å². The standard InChI is InChI=1S/C15H13ClN2S2/c1-2-11-14(18-6-5-17-15(18)20-11)13-8-9-7-10(16)3-4-12(9)19-13/h3-4,7-8H,2,5-6H2,1H3. The molecule has 0 amide bonds. The maximum Gasteiger partial charge on any atom is 0.168 e. The van der Waals surface area contributed by atoms with Crippen LogP contribution >= 0.6 is 34.7 Å². The average Bonchev–Trinajstić information content (AvgIpc) is 3.09. The first kappa shape index (κ1) is 12.7. The van der Waals surface area contributed by atoms with Crippen molar-refractivity contribution in [3.05, 3.63) is 39.1 Å². The highest BCUT2D eigenvalue weighted by Gasteiger charge is 2.32. The highest BCUT2D eigenvalue weighted by atomic mass is 35.5. The van der Waals surface area contributed by atoms with E-state index in [4.69, 9.17) is 11.6 Å². The van der Waals surface area contributed by atoms with Gasteiger partial charge in [0.2, 0.25) is 0 Å². The molecule has 0 aliphatic carbocycles. The lowest BCUT2D eigenvalue weighted by Gasteiger charge is -2.15. The molecule has 0 saturated heterocycles. The van der Waals surface area contributed by atoms with Gasteiger partial charge < -0.3 is 4.90 Å². The number of rotatable bonds is 2. The molecule has 0 N–H and O–H groups in total. The van der Waals surface area contributed by atoms with Gasteiger partial charge in [0.25, 0.3) is 0 Å². The number of halogens is 1. The predicted octanol–water partition coefficient (Wildman–Crippen LogP) is 5.05. The van der Waals surface area contributed by atoms with Crippen LogP contribution in [0.15, 0.2) is 34.2 Å². The molecule has 20 heavy (non-hydrogen) atoms. The molecule has 2 nitrogen and oxygen atoms in total. The number of nitrogens with zero attached hydrogens (tertiary/aromatic N) is 2. The van der Waals surface area contributed by atoms with E-state index in [-0.39, 0.29) is 0 Å². The number of hydrogen-bond donors (Lipinski definition) is 0. The van der Waals surface area contributed by atoms with Gasteiger partial charge in [-0.05, 0) is 36.1 Å². The highest BCUT2D eigenvalue weighted by Crippen LogP contribution is 2.45. The van der Waals surface area contributed by atoms with E-state index in [1.54, 1.807) is 0 Å². The number of allylic oxidation sites excluding steroid dienone is 1. The lowest BCUT2D eigenvalue weighted by atomic mass is 10.2. The molecule has 0 radical (unpaired) electrons. The van der Waals surface area contributed by atoms with Crippen LogP contribution in [0.25, 0.3) is 15.8 Å². The second-order valence-electron chi connectivity index (χ2n) is 4.84. The molecule has 102 valence electrons. The molecule has 5 heteroatoms. The van der Waals surface area contributed by atoms with Gasteiger partial charge in [0.15, 0.2) is 5.17 Å². The minimum absolute atomic E-state index is 0.802. The van der Waals surface area contributed by atoms with E-state index < -0.39 is 0 Å². The number of benzene rings is 1. The summed E-state index contributed by atoms with van der Waals surface area (Å²) >= 11 is 9.77. The molecule has 0 unspecified atom stereocenters. The molecule has 1 aromatic carbocycles. The maximum atomic E-state index is 6.09. The van der Waals surface area contributed by atoms with Crippen molar-refractivity contribution in [2.45, 2.75) is 13.3 Å². The Balaban J connectivity index is 1.86. The monoisotopic (exact) mass is 320 g/mol. The fourth-order valence-corrected chi connectivity index (χ4v) is 5.17. The largest absolute Gasteiger partial charge is 0.317 e. The number of thioether (sulfide) groups is 1. The molecular formula is C15H13ClN2S2. The maximum absolute atomic E-state index is 6.09. The lowest BCUT2D eigenvalue weighted by Crippen LogP contribution is -2.19. The third kappa shape index (κ3) is 1.90. The Hall–Kier alpha value is -0.970. The number of aliphatic imine (C=N–C) groups is 1. The summed E-state index contributed by atoms with van der Waals surface area (Å²) in [5.41, 5.74) is 1.37. The van der Waals surface area contributed by atoms with Crippen LogP contribution in [0.1, 0.15) is 18.2 Å². The van der Waals surface area contributed by atoms with Crippen molar-refractivity contribution in [3.8, 4) is 0 Å². The van der Waals surface area contributed by atoms with E-state index in [1.807, 2.05) is 35.2 Å². The SMILES string of the molecule is CCC1=C(c2cc3cc(Cl)ccc3s2)N2CCN=C2S1. The van der Waals surface area contributed by atoms with Crippen molar-refractivity contribution >= 4 is 55.7 Å². The van der Waals surface area contributed by atoms with Gasteiger partial charge in [-0.25, -0.2) is 0 Å². The van der Waals surface area contributed by atoms with Crippen LogP contribution in [-0.2, 0) is 0 Å². The number of hydrogen-bond acceptors (Lipinski definition) is 4. The van der Waals surface area contributed by atoms with Crippen molar-refractivity contribution in [2.24, 2.45) is 4.99 Å². The van der Waals surface area contributed by atoms with Crippen molar-refractivity contribution in [3.63, 3.8) is 0 Å². The lowest BCUT2D eigenvalue weighted by molar-refractivity contribution is 0.648. The first-order valence-corrected chi connectivity index (χ1v) is 8.70. The molecule has 2 aliphatic rings. The van der Waals surface area contributed by atoms with E-state index >= 15 is 0 Å². The predicted molar refractivity (Wildman–Crippen MR) is 90.6 cm³/mol. The van der Waals surface area contributed by atoms with Crippen LogP contribution in [0.3, 0.4) is 0 Å². The normalized spacial score (nSPS) is 18.1. The Morgan fingerprint density at radius 3 is 3.10 bits per heavy atom. The zero-order chi connectivity index (χ0) is 13.7. The van der Waals surface area contributed by atoms with Gasteiger partial charge in [-0.2, -0.15) is 0 Å². The summed E-state index contributed by atoms with van der Waals surface area (Å²) in [7, 11) is 0. The Kier molecular flexibility index (Phi) is 3.05. The highest BCUT2D eigenvalue weighted by molar-refractivity contribution is 8.17. The van der Waals surface area contributed by atoms with Gasteiger partial charge in [-0.3, -0.25) is 4.99 Å². The topological polar surface area (TPSA) is 15.6 Å². The third-order valence-electron chi connectivity index (χ3n) is 3.58. The molecule has 1 aromatic heterocycles. The third-order valence-corrected chi connectivity index (χ3v) is 6.20. The van der Waals surface area contributed by atoms with Gasteiger partial charge in [0.05, 0.1) is 17.1 Å². The Labute approximate surface area is 131 Å². The van der Waals surface area contributed by atoms with Gasteiger partial charge in [-0.15, -0.1) is 11.3 Å². The number of amidine groups is 1. The van der Waals surface area contributed by atoms with Crippen LogP contribution in [0, 0.1) is 0 Å². The second-order valence-corrected chi connectivity index (χ2v) is 7.42. The second kappa shape index (κ2) is 4.79. The van der Waals surface area contributed by atoms with E-state index in [9.17, 15) is 0 Å². The smallest absolute Gasteiger partial charge is 0.168 e. The van der Waals surface area contributed by atoms with E-state index in [2.05, 4.69) is 28.9 Å². The summed E-state index contributed by atoms with van der Waals surface area (Å²) in [4.78, 5) is 9.72. The molecule has 0 spiro atoms. The molecule has 3 heterocycles. The molecule has 0 saturated carbocycles. The fourth-order valence-electron chi connectivity index (χ4n) is 2.67. The van der Waals surface area contributed by atoms with E-state index in [0.717, 1.165) is 24.5 Å². The summed E-state index contributed by atoms with van der Waals surface area (Å²) in [6.45, 7) is 4.14. The van der Waals surface area contributed by atoms with Crippen molar-refractivity contribution in [1.29, 1.82) is 0 Å². The summed E-state index contributed by atoms with van der Waals surface area (Å²) in [5.74, 6) is 0. The van der Waals surface area contributed by atoms with Gasteiger partial charge in [-0.1, -0.05) is 30.3 Å². The molecule has 4 rings (SSSR count). The van der Waals surface area contributed by atoms with Crippen molar-refractivity contribution in [1.82, 2.24) is 4.90 Å². The first-order chi connectivity index (χ1) is 9.76. The molecular weight excluding hydrogens is 308 g/mol. The number of thiophene rings is 1. The fraction of sp³-hybridized carbons (Fsp3) is 0.267. The van der Waals surface area contributed by atoms with Crippen molar-refractivity contribution < 1.29 is 0 Å². The Bertz CT molecular complexity index is 760. The minimum Gasteiger partial charge on any atom is -0.317 e. The summed E-state index contributed by atoms with van der Waals surface area (Å²) in [6.07, 6.45) is 1.06. The average molecular weight is 321 g/mol. The van der Waals surface area contributed by atoms with Gasteiger partial charge in [0.1, 0.15) is 0 Å². The quantitative estimate of drug-likeness (QED) is 0.769. The van der Waals surface area contributed by atoms with Crippen LogP contribution in [0.5, 0.6) is 0 Å². The van der Waals surface area contributed by atoms with Gasteiger partial charge in [0, 0.05) is 21.2 Å². The molecule has 0 bridgehead atoms. The van der Waals surface area contributed by atoms with Crippen LogP contribution in [0.4, 0.5) is 0 Å².